The zero-order chi connectivity index (χ0) is 21.1. The number of carbonyl (C=O) groups is 1. The molecule has 0 saturated carbocycles. The fourth-order valence-corrected chi connectivity index (χ4v) is 3.32. The number of hydrogen-bond acceptors (Lipinski definition) is 5. The minimum Gasteiger partial charge on any atom is -0.480 e. The van der Waals surface area contributed by atoms with E-state index < -0.39 is 0 Å². The van der Waals surface area contributed by atoms with E-state index in [1.54, 1.807) is 20.4 Å². The molecule has 0 spiro atoms. The molecule has 3 aromatic heterocycles. The van der Waals surface area contributed by atoms with Crippen LogP contribution in [0.5, 0.6) is 0 Å². The topological polar surface area (TPSA) is 108 Å². The van der Waals surface area contributed by atoms with Crippen LogP contribution in [0, 0.1) is 6.92 Å². The van der Waals surface area contributed by atoms with Crippen molar-refractivity contribution in [1.82, 2.24) is 25.3 Å². The predicted molar refractivity (Wildman–Crippen MR) is 115 cm³/mol. The Morgan fingerprint density at radius 3 is 2.80 bits per heavy atom. The average molecular weight is 402 g/mol. The summed E-state index contributed by atoms with van der Waals surface area (Å²) >= 11 is 0. The van der Waals surface area contributed by atoms with Crippen LogP contribution >= 0.6 is 0 Å². The molecule has 3 heterocycles. The number of hydrogen-bond donors (Lipinski definition) is 3. The molecule has 0 saturated heterocycles. The number of pyridine rings is 1. The lowest BCUT2D eigenvalue weighted by molar-refractivity contribution is 0.0941. The number of rotatable bonds is 5. The molecule has 0 aliphatic heterocycles. The van der Waals surface area contributed by atoms with Gasteiger partial charge in [0.2, 0.25) is 5.90 Å². The summed E-state index contributed by atoms with van der Waals surface area (Å²) < 4.78 is 5.29. The van der Waals surface area contributed by atoms with Crippen molar-refractivity contribution in [3.05, 3.63) is 71.6 Å². The Bertz CT molecular complexity index is 1220. The second-order valence-corrected chi connectivity index (χ2v) is 6.78. The standard InChI is InChI=1S/C22H22N6O2/c1-13-19(28-20(26-13)21(29)25-12-16-6-4-5-9-24-16)14-7-8-17-15(10-14)11-18(27-17)22(23-2)30-3/h4-11,27H,12H2,1-3H3,(H,25,29)(H,26,28). The quantitative estimate of drug-likeness (QED) is 0.352. The van der Waals surface area contributed by atoms with Gasteiger partial charge in [0.15, 0.2) is 5.82 Å². The van der Waals surface area contributed by atoms with Crippen molar-refractivity contribution < 1.29 is 9.53 Å². The summed E-state index contributed by atoms with van der Waals surface area (Å²) in [6.45, 7) is 2.24. The van der Waals surface area contributed by atoms with Crippen molar-refractivity contribution in [2.24, 2.45) is 4.99 Å². The van der Waals surface area contributed by atoms with Crippen molar-refractivity contribution in [2.75, 3.05) is 14.2 Å². The first kappa shape index (κ1) is 19.4. The van der Waals surface area contributed by atoms with Crippen LogP contribution < -0.4 is 5.32 Å². The maximum absolute atomic E-state index is 12.5. The molecule has 1 amide bonds. The van der Waals surface area contributed by atoms with Crippen molar-refractivity contribution >= 4 is 22.7 Å². The van der Waals surface area contributed by atoms with E-state index >= 15 is 0 Å². The van der Waals surface area contributed by atoms with E-state index in [0.29, 0.717) is 12.4 Å². The molecular weight excluding hydrogens is 380 g/mol. The van der Waals surface area contributed by atoms with Gasteiger partial charge in [0, 0.05) is 35.4 Å². The van der Waals surface area contributed by atoms with Crippen LogP contribution in [-0.2, 0) is 11.3 Å². The minimum atomic E-state index is -0.274. The molecule has 0 radical (unpaired) electrons. The van der Waals surface area contributed by atoms with E-state index in [-0.39, 0.29) is 11.7 Å². The van der Waals surface area contributed by atoms with E-state index in [1.165, 1.54) is 0 Å². The first-order valence-electron chi connectivity index (χ1n) is 9.48. The molecule has 0 aliphatic carbocycles. The van der Waals surface area contributed by atoms with Crippen LogP contribution in [0.1, 0.15) is 27.7 Å². The molecule has 4 aromatic rings. The molecule has 0 bridgehead atoms. The summed E-state index contributed by atoms with van der Waals surface area (Å²) in [5.41, 5.74) is 5.03. The van der Waals surface area contributed by atoms with E-state index in [9.17, 15) is 4.79 Å². The van der Waals surface area contributed by atoms with Crippen molar-refractivity contribution in [3.63, 3.8) is 0 Å². The van der Waals surface area contributed by atoms with Crippen LogP contribution in [-0.4, -0.2) is 45.9 Å². The predicted octanol–water partition coefficient (Wildman–Crippen LogP) is 3.21. The first-order valence-corrected chi connectivity index (χ1v) is 9.48. The second kappa shape index (κ2) is 8.20. The summed E-state index contributed by atoms with van der Waals surface area (Å²) in [5, 5.41) is 3.84. The number of aryl methyl sites for hydroxylation is 1. The molecule has 1 aromatic carbocycles. The SMILES string of the molecule is CN=C(OC)c1cc2cc(-c3nc(C(=O)NCc4ccccn4)[nH]c3C)ccc2[nH]1. The highest BCUT2D eigenvalue weighted by Gasteiger charge is 2.16. The van der Waals surface area contributed by atoms with E-state index in [4.69, 9.17) is 4.74 Å². The minimum absolute atomic E-state index is 0.271. The second-order valence-electron chi connectivity index (χ2n) is 6.78. The normalized spacial score (nSPS) is 11.6. The Kier molecular flexibility index (Phi) is 5.30. The summed E-state index contributed by atoms with van der Waals surface area (Å²) in [5.74, 6) is 0.535. The third-order valence-corrected chi connectivity index (χ3v) is 4.78. The number of H-pyrrole nitrogens is 2. The van der Waals surface area contributed by atoms with Crippen LogP contribution in [0.25, 0.3) is 22.2 Å². The van der Waals surface area contributed by atoms with Gasteiger partial charge in [-0.3, -0.25) is 14.8 Å². The molecule has 8 nitrogen and oxygen atoms in total. The number of aromatic nitrogens is 4. The molecule has 0 fully saturated rings. The molecule has 30 heavy (non-hydrogen) atoms. The maximum Gasteiger partial charge on any atom is 0.287 e. The molecule has 3 N–H and O–H groups in total. The number of ether oxygens (including phenoxy) is 1. The summed E-state index contributed by atoms with van der Waals surface area (Å²) in [4.78, 5) is 31.7. The number of benzene rings is 1. The number of amides is 1. The Labute approximate surface area is 173 Å². The zero-order valence-corrected chi connectivity index (χ0v) is 17.0. The van der Waals surface area contributed by atoms with Gasteiger partial charge in [-0.1, -0.05) is 12.1 Å². The number of aromatic amines is 2. The highest BCUT2D eigenvalue weighted by molar-refractivity contribution is 5.99. The van der Waals surface area contributed by atoms with E-state index in [1.807, 2.05) is 49.4 Å². The zero-order valence-electron chi connectivity index (χ0n) is 17.0. The summed E-state index contributed by atoms with van der Waals surface area (Å²) in [6, 6.07) is 13.5. The molecule has 4 rings (SSSR count). The smallest absolute Gasteiger partial charge is 0.287 e. The van der Waals surface area contributed by atoms with Gasteiger partial charge in [0.05, 0.1) is 25.0 Å². The molecule has 152 valence electrons. The number of carbonyl (C=O) groups excluding carboxylic acids is 1. The third kappa shape index (κ3) is 3.80. The number of methoxy groups -OCH3 is 1. The van der Waals surface area contributed by atoms with Gasteiger partial charge in [0.25, 0.3) is 5.91 Å². The average Bonchev–Trinajstić information content (AvgIpc) is 3.36. The lowest BCUT2D eigenvalue weighted by Gasteiger charge is -2.02. The number of imidazole rings is 1. The molecule has 8 heteroatoms. The molecule has 0 unspecified atom stereocenters. The number of nitrogens with zero attached hydrogens (tertiary/aromatic N) is 3. The van der Waals surface area contributed by atoms with Crippen LogP contribution in [0.4, 0.5) is 0 Å². The van der Waals surface area contributed by atoms with Gasteiger partial charge < -0.3 is 20.0 Å². The number of fused-ring (bicyclic) bond motifs is 1. The molecule has 0 atom stereocenters. The Morgan fingerprint density at radius 2 is 2.07 bits per heavy atom. The van der Waals surface area contributed by atoms with Gasteiger partial charge in [-0.15, -0.1) is 0 Å². The fourth-order valence-electron chi connectivity index (χ4n) is 3.32. The van der Waals surface area contributed by atoms with Crippen LogP contribution in [0.15, 0.2) is 53.7 Å². The van der Waals surface area contributed by atoms with E-state index in [0.717, 1.165) is 39.2 Å². The van der Waals surface area contributed by atoms with Crippen molar-refractivity contribution in [3.8, 4) is 11.3 Å². The van der Waals surface area contributed by atoms with Gasteiger partial charge in [-0.2, -0.15) is 0 Å². The van der Waals surface area contributed by atoms with Gasteiger partial charge in [0.1, 0.15) is 5.69 Å². The number of aliphatic imine (C=N–C) groups is 1. The Balaban J connectivity index is 1.57. The highest BCUT2D eigenvalue weighted by Crippen LogP contribution is 2.26. The molecule has 0 aliphatic rings. The lowest BCUT2D eigenvalue weighted by Crippen LogP contribution is -2.24. The highest BCUT2D eigenvalue weighted by atomic mass is 16.5. The third-order valence-electron chi connectivity index (χ3n) is 4.78. The first-order chi connectivity index (χ1) is 14.6. The molecular formula is C22H22N6O2. The van der Waals surface area contributed by atoms with E-state index in [2.05, 4.69) is 30.2 Å². The maximum atomic E-state index is 12.5. The lowest BCUT2D eigenvalue weighted by atomic mass is 10.1. The van der Waals surface area contributed by atoms with Crippen LogP contribution in [0.3, 0.4) is 0 Å². The number of nitrogens with one attached hydrogen (secondary N) is 3. The van der Waals surface area contributed by atoms with Gasteiger partial charge in [-0.05, 0) is 37.3 Å². The summed E-state index contributed by atoms with van der Waals surface area (Å²) in [6.07, 6.45) is 1.70. The summed E-state index contributed by atoms with van der Waals surface area (Å²) in [7, 11) is 3.27. The largest absolute Gasteiger partial charge is 0.480 e. The van der Waals surface area contributed by atoms with Crippen LogP contribution in [0.2, 0.25) is 0 Å². The van der Waals surface area contributed by atoms with Crippen molar-refractivity contribution in [1.29, 1.82) is 0 Å². The Morgan fingerprint density at radius 1 is 1.20 bits per heavy atom. The van der Waals surface area contributed by atoms with Gasteiger partial charge >= 0.3 is 0 Å². The Hall–Kier alpha value is -3.94. The van der Waals surface area contributed by atoms with Gasteiger partial charge in [-0.25, -0.2) is 4.98 Å². The fraction of sp³-hybridized carbons (Fsp3) is 0.182. The van der Waals surface area contributed by atoms with Crippen molar-refractivity contribution in [2.45, 2.75) is 13.5 Å². The monoisotopic (exact) mass is 402 g/mol.